The van der Waals surface area contributed by atoms with Crippen LogP contribution in [-0.4, -0.2) is 40.8 Å². The second-order valence-corrected chi connectivity index (χ2v) is 7.93. The third-order valence-electron chi connectivity index (χ3n) is 4.96. The van der Waals surface area contributed by atoms with Gasteiger partial charge in [0.2, 0.25) is 11.1 Å². The predicted octanol–water partition coefficient (Wildman–Crippen LogP) is 3.48. The molecule has 4 rings (SSSR count). The number of nitrogens with two attached hydrogens (primary N) is 1. The van der Waals surface area contributed by atoms with Gasteiger partial charge in [0.15, 0.2) is 17.3 Å². The van der Waals surface area contributed by atoms with E-state index in [9.17, 15) is 4.79 Å². The number of anilines is 1. The zero-order valence-electron chi connectivity index (χ0n) is 17.7. The van der Waals surface area contributed by atoms with Crippen LogP contribution in [0.1, 0.15) is 11.4 Å². The number of rotatable bonds is 8. The molecule has 3 aromatic carbocycles. The summed E-state index contributed by atoms with van der Waals surface area (Å²) in [6.45, 7) is 0. The number of carbonyl (C=O) groups is 1. The number of hydrogen-bond acceptors (Lipinski definition) is 7. The van der Waals surface area contributed by atoms with Crippen LogP contribution >= 0.6 is 11.8 Å². The number of methoxy groups -OCH3 is 2. The topological polar surface area (TPSA) is 104 Å². The molecule has 9 heteroatoms. The van der Waals surface area contributed by atoms with Crippen LogP contribution in [0.15, 0.2) is 65.8 Å². The lowest BCUT2D eigenvalue weighted by Crippen LogP contribution is -2.17. The first-order chi connectivity index (χ1) is 15.6. The van der Waals surface area contributed by atoms with Crippen molar-refractivity contribution in [2.75, 3.05) is 31.1 Å². The number of nitrogens with zero attached hydrogens (tertiary/aromatic N) is 3. The first-order valence-corrected chi connectivity index (χ1v) is 10.9. The molecule has 0 radical (unpaired) electrons. The van der Waals surface area contributed by atoms with Gasteiger partial charge in [-0.05, 0) is 28.5 Å². The number of aromatic nitrogens is 3. The van der Waals surface area contributed by atoms with Gasteiger partial charge in [-0.15, -0.1) is 10.2 Å². The molecule has 8 nitrogen and oxygen atoms in total. The SMILES string of the molecule is COc1ccc(NC(=O)CSc2nnc(Cc3cccc4ccccc34)n2N)cc1OC. The highest BCUT2D eigenvalue weighted by Crippen LogP contribution is 2.30. The molecule has 0 unspecified atom stereocenters. The fourth-order valence-corrected chi connectivity index (χ4v) is 4.06. The molecule has 4 aromatic rings. The first-order valence-electron chi connectivity index (χ1n) is 9.89. The molecule has 0 aliphatic carbocycles. The highest BCUT2D eigenvalue weighted by Gasteiger charge is 2.14. The van der Waals surface area contributed by atoms with Gasteiger partial charge in [0.25, 0.3) is 0 Å². The quantitative estimate of drug-likeness (QED) is 0.313. The zero-order valence-corrected chi connectivity index (χ0v) is 18.6. The van der Waals surface area contributed by atoms with Crippen molar-refractivity contribution in [2.45, 2.75) is 11.6 Å². The van der Waals surface area contributed by atoms with E-state index in [1.807, 2.05) is 18.2 Å². The molecule has 32 heavy (non-hydrogen) atoms. The maximum Gasteiger partial charge on any atom is 0.234 e. The van der Waals surface area contributed by atoms with Crippen molar-refractivity contribution in [2.24, 2.45) is 0 Å². The summed E-state index contributed by atoms with van der Waals surface area (Å²) in [7, 11) is 3.10. The van der Waals surface area contributed by atoms with Crippen molar-refractivity contribution in [1.29, 1.82) is 0 Å². The van der Waals surface area contributed by atoms with Gasteiger partial charge in [0.05, 0.1) is 20.0 Å². The maximum absolute atomic E-state index is 12.4. The number of hydrogen-bond donors (Lipinski definition) is 2. The minimum atomic E-state index is -0.194. The molecular formula is C23H23N5O3S. The molecule has 0 aliphatic rings. The van der Waals surface area contributed by atoms with Crippen molar-refractivity contribution >= 4 is 34.1 Å². The molecule has 0 spiro atoms. The van der Waals surface area contributed by atoms with E-state index in [2.05, 4.69) is 39.8 Å². The van der Waals surface area contributed by atoms with E-state index < -0.39 is 0 Å². The largest absolute Gasteiger partial charge is 0.493 e. The maximum atomic E-state index is 12.4. The van der Waals surface area contributed by atoms with Crippen LogP contribution in [0, 0.1) is 0 Å². The summed E-state index contributed by atoms with van der Waals surface area (Å²) >= 11 is 1.22. The molecule has 0 atom stereocenters. The summed E-state index contributed by atoms with van der Waals surface area (Å²) in [6.07, 6.45) is 0.545. The van der Waals surface area contributed by atoms with Crippen molar-refractivity contribution in [3.8, 4) is 11.5 Å². The molecule has 1 heterocycles. The first kappa shape index (κ1) is 21.5. The highest BCUT2D eigenvalue weighted by molar-refractivity contribution is 7.99. The Morgan fingerprint density at radius 3 is 2.62 bits per heavy atom. The molecule has 3 N–H and O–H groups in total. The number of nitrogen functional groups attached to an aromatic ring is 1. The van der Waals surface area contributed by atoms with E-state index in [1.54, 1.807) is 32.4 Å². The Labute approximate surface area is 189 Å². The van der Waals surface area contributed by atoms with Crippen molar-refractivity contribution < 1.29 is 14.3 Å². The van der Waals surface area contributed by atoms with Crippen LogP contribution in [0.4, 0.5) is 5.69 Å². The summed E-state index contributed by atoms with van der Waals surface area (Å²) in [5.74, 6) is 7.92. The lowest BCUT2D eigenvalue weighted by Gasteiger charge is -2.10. The fraction of sp³-hybridized carbons (Fsp3) is 0.174. The molecule has 0 saturated heterocycles. The molecule has 1 amide bonds. The third-order valence-corrected chi connectivity index (χ3v) is 5.91. The van der Waals surface area contributed by atoms with E-state index in [0.717, 1.165) is 16.3 Å². The van der Waals surface area contributed by atoms with E-state index in [4.69, 9.17) is 15.3 Å². The van der Waals surface area contributed by atoms with Crippen LogP contribution in [0.3, 0.4) is 0 Å². The van der Waals surface area contributed by atoms with E-state index in [-0.39, 0.29) is 11.7 Å². The number of ether oxygens (including phenoxy) is 2. The number of nitrogens with one attached hydrogen (secondary N) is 1. The molecule has 1 aromatic heterocycles. The Morgan fingerprint density at radius 1 is 1.03 bits per heavy atom. The van der Waals surface area contributed by atoms with Crippen LogP contribution < -0.4 is 20.6 Å². The molecule has 0 bridgehead atoms. The van der Waals surface area contributed by atoms with Crippen LogP contribution in [0.2, 0.25) is 0 Å². The van der Waals surface area contributed by atoms with Gasteiger partial charge in [-0.2, -0.15) is 0 Å². The second-order valence-electron chi connectivity index (χ2n) is 6.99. The Kier molecular flexibility index (Phi) is 6.46. The smallest absolute Gasteiger partial charge is 0.234 e. The van der Waals surface area contributed by atoms with Gasteiger partial charge in [0, 0.05) is 18.2 Å². The summed E-state index contributed by atoms with van der Waals surface area (Å²) < 4.78 is 11.9. The predicted molar refractivity (Wildman–Crippen MR) is 126 cm³/mol. The summed E-state index contributed by atoms with van der Waals surface area (Å²) in [5, 5.41) is 14.0. The van der Waals surface area contributed by atoms with Crippen molar-refractivity contribution in [3.63, 3.8) is 0 Å². The minimum Gasteiger partial charge on any atom is -0.493 e. The van der Waals surface area contributed by atoms with Crippen molar-refractivity contribution in [1.82, 2.24) is 14.9 Å². The molecular weight excluding hydrogens is 426 g/mol. The average molecular weight is 450 g/mol. The molecule has 0 saturated carbocycles. The van der Waals surface area contributed by atoms with Gasteiger partial charge in [0.1, 0.15) is 0 Å². The van der Waals surface area contributed by atoms with Gasteiger partial charge in [-0.25, -0.2) is 4.68 Å². The Bertz CT molecular complexity index is 1250. The van der Waals surface area contributed by atoms with Crippen molar-refractivity contribution in [3.05, 3.63) is 72.1 Å². The number of amides is 1. The highest BCUT2D eigenvalue weighted by atomic mass is 32.2. The third kappa shape index (κ3) is 4.62. The van der Waals surface area contributed by atoms with Crippen LogP contribution in [0.25, 0.3) is 10.8 Å². The van der Waals surface area contributed by atoms with Crippen LogP contribution in [0.5, 0.6) is 11.5 Å². The number of carbonyl (C=O) groups excluding carboxylic acids is 1. The Morgan fingerprint density at radius 2 is 1.81 bits per heavy atom. The zero-order chi connectivity index (χ0) is 22.5. The summed E-state index contributed by atoms with van der Waals surface area (Å²) in [4.78, 5) is 12.4. The molecule has 0 aliphatic heterocycles. The second kappa shape index (κ2) is 9.61. The Hall–Kier alpha value is -3.72. The minimum absolute atomic E-state index is 0.137. The molecule has 164 valence electrons. The standard InChI is InChI=1S/C23H23N5O3S/c1-30-19-11-10-17(13-20(19)31-2)25-22(29)14-32-23-27-26-21(28(23)24)12-16-8-5-7-15-6-3-4-9-18(15)16/h3-11,13H,12,14,24H2,1-2H3,(H,25,29). The van der Waals surface area contributed by atoms with Gasteiger partial charge >= 0.3 is 0 Å². The van der Waals surface area contributed by atoms with Gasteiger partial charge in [-0.1, -0.05) is 54.2 Å². The normalized spacial score (nSPS) is 10.8. The summed E-state index contributed by atoms with van der Waals surface area (Å²) in [6, 6.07) is 19.5. The van der Waals surface area contributed by atoms with E-state index in [1.165, 1.54) is 16.4 Å². The average Bonchev–Trinajstić information content (AvgIpc) is 3.17. The number of benzene rings is 3. The number of thioether (sulfide) groups is 1. The lowest BCUT2D eigenvalue weighted by atomic mass is 10.0. The van der Waals surface area contributed by atoms with Gasteiger partial charge in [-0.3, -0.25) is 4.79 Å². The Balaban J connectivity index is 1.40. The lowest BCUT2D eigenvalue weighted by molar-refractivity contribution is -0.113. The van der Waals surface area contributed by atoms with E-state index >= 15 is 0 Å². The fourth-order valence-electron chi connectivity index (χ4n) is 3.38. The molecule has 0 fully saturated rings. The monoisotopic (exact) mass is 449 g/mol. The summed E-state index contributed by atoms with van der Waals surface area (Å²) in [5.41, 5.74) is 1.73. The van der Waals surface area contributed by atoms with Gasteiger partial charge < -0.3 is 20.6 Å². The van der Waals surface area contributed by atoms with E-state index in [0.29, 0.717) is 34.6 Å². The number of fused-ring (bicyclic) bond motifs is 1. The van der Waals surface area contributed by atoms with Crippen LogP contribution in [-0.2, 0) is 11.2 Å².